The van der Waals surface area contributed by atoms with E-state index >= 15 is 0 Å². The number of imide groups is 1. The first-order valence-electron chi connectivity index (χ1n) is 10.3. The summed E-state index contributed by atoms with van der Waals surface area (Å²) in [7, 11) is 0. The number of furan rings is 1. The third-order valence-corrected chi connectivity index (χ3v) is 6.05. The Labute approximate surface area is 181 Å². The van der Waals surface area contributed by atoms with Gasteiger partial charge < -0.3 is 14.6 Å². The SMILES string of the molecule is CCNC(=O)NC(=O)[C@@H](C)Sc1nnc(N2C[C@H](C)C[C@H](C)C2)n1Cc1ccco1. The Balaban J connectivity index is 1.80. The van der Waals surface area contributed by atoms with E-state index in [0.29, 0.717) is 30.1 Å². The van der Waals surface area contributed by atoms with E-state index in [1.807, 2.05) is 16.7 Å². The lowest BCUT2D eigenvalue weighted by atomic mass is 9.92. The van der Waals surface area contributed by atoms with Gasteiger partial charge in [0.05, 0.1) is 18.1 Å². The van der Waals surface area contributed by atoms with E-state index in [0.717, 1.165) is 24.8 Å². The van der Waals surface area contributed by atoms with Gasteiger partial charge in [0.25, 0.3) is 0 Å². The molecule has 0 radical (unpaired) electrons. The summed E-state index contributed by atoms with van der Waals surface area (Å²) < 4.78 is 7.53. The monoisotopic (exact) mass is 434 g/mol. The highest BCUT2D eigenvalue weighted by Crippen LogP contribution is 2.30. The first-order valence-corrected chi connectivity index (χ1v) is 11.2. The lowest BCUT2D eigenvalue weighted by molar-refractivity contribution is -0.119. The van der Waals surface area contributed by atoms with Gasteiger partial charge in [-0.25, -0.2) is 4.79 Å². The van der Waals surface area contributed by atoms with Crippen molar-refractivity contribution in [2.45, 2.75) is 51.1 Å². The minimum atomic E-state index is -0.515. The molecular weight excluding hydrogens is 404 g/mol. The number of amides is 3. The van der Waals surface area contributed by atoms with Crippen LogP contribution in [0.3, 0.4) is 0 Å². The van der Waals surface area contributed by atoms with Crippen LogP contribution in [0.5, 0.6) is 0 Å². The van der Waals surface area contributed by atoms with E-state index in [9.17, 15) is 9.59 Å². The van der Waals surface area contributed by atoms with Crippen molar-refractivity contribution in [2.24, 2.45) is 11.8 Å². The molecule has 1 saturated heterocycles. The van der Waals surface area contributed by atoms with E-state index in [2.05, 4.69) is 39.6 Å². The molecule has 1 aliphatic rings. The molecule has 0 bridgehead atoms. The van der Waals surface area contributed by atoms with E-state index in [1.54, 1.807) is 20.1 Å². The fourth-order valence-corrected chi connectivity index (χ4v) is 4.60. The molecule has 3 heterocycles. The van der Waals surface area contributed by atoms with Crippen molar-refractivity contribution in [1.29, 1.82) is 0 Å². The Kier molecular flexibility index (Phi) is 7.41. The second-order valence-corrected chi connectivity index (χ2v) is 9.22. The Morgan fingerprint density at radius 3 is 2.67 bits per heavy atom. The minimum Gasteiger partial charge on any atom is -0.467 e. The van der Waals surface area contributed by atoms with Crippen molar-refractivity contribution in [2.75, 3.05) is 24.5 Å². The van der Waals surface area contributed by atoms with E-state index in [1.165, 1.54) is 18.2 Å². The van der Waals surface area contributed by atoms with Crippen LogP contribution < -0.4 is 15.5 Å². The number of nitrogens with zero attached hydrogens (tertiary/aromatic N) is 4. The number of anilines is 1. The van der Waals surface area contributed by atoms with Crippen molar-refractivity contribution < 1.29 is 14.0 Å². The van der Waals surface area contributed by atoms with Crippen LogP contribution in [0.4, 0.5) is 10.7 Å². The lowest BCUT2D eigenvalue weighted by Crippen LogP contribution is -2.42. The summed E-state index contributed by atoms with van der Waals surface area (Å²) in [6, 6.07) is 3.26. The summed E-state index contributed by atoms with van der Waals surface area (Å²) in [5, 5.41) is 13.8. The van der Waals surface area contributed by atoms with E-state index in [4.69, 9.17) is 4.42 Å². The third kappa shape index (κ3) is 5.56. The van der Waals surface area contributed by atoms with Crippen LogP contribution in [0.1, 0.15) is 39.9 Å². The standard InChI is InChI=1S/C20H30N6O3S/c1-5-21-18(28)22-17(27)15(4)30-20-24-23-19(25-10-13(2)9-14(3)11-25)26(20)12-16-7-6-8-29-16/h6-8,13-15H,5,9-12H2,1-4H3,(H2,21,22,27,28)/t13-,14+,15-/m1/s1. The average molecular weight is 435 g/mol. The van der Waals surface area contributed by atoms with Crippen LogP contribution in [-0.2, 0) is 11.3 Å². The average Bonchev–Trinajstić information content (AvgIpc) is 3.32. The molecule has 2 aromatic rings. The van der Waals surface area contributed by atoms with Crippen molar-refractivity contribution in [3.63, 3.8) is 0 Å². The highest BCUT2D eigenvalue weighted by Gasteiger charge is 2.28. The van der Waals surface area contributed by atoms with Crippen molar-refractivity contribution >= 4 is 29.6 Å². The molecule has 1 fully saturated rings. The van der Waals surface area contributed by atoms with Gasteiger partial charge in [0.1, 0.15) is 5.76 Å². The van der Waals surface area contributed by atoms with E-state index < -0.39 is 11.3 Å². The Bertz CT molecular complexity index is 843. The van der Waals surface area contributed by atoms with E-state index in [-0.39, 0.29) is 5.91 Å². The van der Waals surface area contributed by atoms with Gasteiger partial charge in [-0.05, 0) is 44.2 Å². The van der Waals surface area contributed by atoms with Gasteiger partial charge in [0, 0.05) is 19.6 Å². The first kappa shape index (κ1) is 22.2. The molecule has 3 amide bonds. The maximum absolute atomic E-state index is 12.4. The fourth-order valence-electron chi connectivity index (χ4n) is 3.76. The molecule has 0 aliphatic carbocycles. The number of thioether (sulfide) groups is 1. The fraction of sp³-hybridized carbons (Fsp3) is 0.600. The molecule has 1 aliphatic heterocycles. The Morgan fingerprint density at radius 2 is 2.03 bits per heavy atom. The molecular formula is C20H30N6O3S. The van der Waals surface area contributed by atoms with Crippen molar-refractivity contribution in [3.05, 3.63) is 24.2 Å². The van der Waals surface area contributed by atoms with Crippen molar-refractivity contribution in [1.82, 2.24) is 25.4 Å². The second kappa shape index (κ2) is 10.0. The Hall–Kier alpha value is -2.49. The van der Waals surface area contributed by atoms with Crippen LogP contribution >= 0.6 is 11.8 Å². The number of aromatic nitrogens is 3. The molecule has 2 aromatic heterocycles. The van der Waals surface area contributed by atoms with Crippen LogP contribution in [0, 0.1) is 11.8 Å². The number of hydrogen-bond acceptors (Lipinski definition) is 7. The zero-order valence-electron chi connectivity index (χ0n) is 17.9. The summed E-state index contributed by atoms with van der Waals surface area (Å²) in [4.78, 5) is 26.3. The molecule has 0 saturated carbocycles. The minimum absolute atomic E-state index is 0.375. The normalized spacial score (nSPS) is 20.1. The molecule has 0 aromatic carbocycles. The number of piperidine rings is 1. The molecule has 3 atom stereocenters. The van der Waals surface area contributed by atoms with Gasteiger partial charge >= 0.3 is 6.03 Å². The number of rotatable bonds is 7. The molecule has 10 heteroatoms. The maximum atomic E-state index is 12.4. The number of carbonyl (C=O) groups is 2. The first-order chi connectivity index (χ1) is 14.4. The lowest BCUT2D eigenvalue weighted by Gasteiger charge is -2.35. The zero-order valence-corrected chi connectivity index (χ0v) is 18.7. The summed E-state index contributed by atoms with van der Waals surface area (Å²) in [5.74, 6) is 2.33. The number of carbonyl (C=O) groups excluding carboxylic acids is 2. The van der Waals surface area contributed by atoms with Gasteiger partial charge in [-0.3, -0.25) is 14.7 Å². The predicted molar refractivity (Wildman–Crippen MR) is 116 cm³/mol. The molecule has 2 N–H and O–H groups in total. The number of nitrogens with one attached hydrogen (secondary N) is 2. The van der Waals surface area contributed by atoms with Gasteiger partial charge in [-0.1, -0.05) is 25.6 Å². The van der Waals surface area contributed by atoms with Gasteiger partial charge in [0.2, 0.25) is 11.9 Å². The zero-order chi connectivity index (χ0) is 21.7. The Morgan fingerprint density at radius 1 is 1.30 bits per heavy atom. The maximum Gasteiger partial charge on any atom is 0.321 e. The largest absolute Gasteiger partial charge is 0.467 e. The molecule has 30 heavy (non-hydrogen) atoms. The van der Waals surface area contributed by atoms with Crippen LogP contribution in [-0.4, -0.2) is 51.6 Å². The second-order valence-electron chi connectivity index (χ2n) is 7.91. The quantitative estimate of drug-likeness (QED) is 0.646. The smallest absolute Gasteiger partial charge is 0.321 e. The van der Waals surface area contributed by atoms with Crippen LogP contribution in [0.15, 0.2) is 28.0 Å². The van der Waals surface area contributed by atoms with Gasteiger partial charge in [-0.2, -0.15) is 0 Å². The summed E-state index contributed by atoms with van der Waals surface area (Å²) in [6.45, 7) is 10.8. The van der Waals surface area contributed by atoms with Crippen LogP contribution in [0.25, 0.3) is 0 Å². The van der Waals surface area contributed by atoms with Gasteiger partial charge in [-0.15, -0.1) is 10.2 Å². The highest BCUT2D eigenvalue weighted by atomic mass is 32.2. The van der Waals surface area contributed by atoms with Gasteiger partial charge in [0.15, 0.2) is 5.16 Å². The predicted octanol–water partition coefficient (Wildman–Crippen LogP) is 2.73. The summed E-state index contributed by atoms with van der Waals surface area (Å²) >= 11 is 1.28. The van der Waals surface area contributed by atoms with Crippen LogP contribution in [0.2, 0.25) is 0 Å². The third-order valence-electron chi connectivity index (χ3n) is 4.97. The molecule has 164 valence electrons. The molecule has 0 unspecified atom stereocenters. The highest BCUT2D eigenvalue weighted by molar-refractivity contribution is 8.00. The summed E-state index contributed by atoms with van der Waals surface area (Å²) in [5.41, 5.74) is 0. The topological polar surface area (TPSA) is 105 Å². The molecule has 3 rings (SSSR count). The molecule has 9 nitrogen and oxygen atoms in total. The van der Waals surface area contributed by atoms with Crippen molar-refractivity contribution in [3.8, 4) is 0 Å². The number of urea groups is 1. The summed E-state index contributed by atoms with van der Waals surface area (Å²) in [6.07, 6.45) is 2.83. The molecule has 0 spiro atoms. The number of hydrogen-bond donors (Lipinski definition) is 2.